The fourth-order valence-corrected chi connectivity index (χ4v) is 7.02. The molecule has 4 fully saturated rings. The molecule has 13 heteroatoms. The molecule has 2 aromatic carbocycles. The van der Waals surface area contributed by atoms with Crippen molar-refractivity contribution in [2.45, 2.75) is 37.5 Å². The van der Waals surface area contributed by atoms with Crippen LogP contribution in [0.3, 0.4) is 0 Å². The molecule has 0 bridgehead atoms. The first kappa shape index (κ1) is 33.5. The van der Waals surface area contributed by atoms with Crippen molar-refractivity contribution in [2.24, 2.45) is 29.4 Å². The summed E-state index contributed by atoms with van der Waals surface area (Å²) in [4.78, 5) is 71.4. The largest absolute Gasteiger partial charge is 0.379 e. The number of ether oxygens (including phenoxy) is 2. The Balaban J connectivity index is 1.09. The maximum atomic E-state index is 13.6. The minimum absolute atomic E-state index is 0.00332. The van der Waals surface area contributed by atoms with E-state index in [1.165, 1.54) is 17.1 Å². The average Bonchev–Trinajstić information content (AvgIpc) is 3.81. The first-order chi connectivity index (χ1) is 23.7. The van der Waals surface area contributed by atoms with E-state index in [0.29, 0.717) is 6.54 Å². The molecule has 6 rings (SSSR count). The van der Waals surface area contributed by atoms with Crippen molar-refractivity contribution in [1.29, 1.82) is 0 Å². The molecule has 5 N–H and O–H groups in total. The van der Waals surface area contributed by atoms with Crippen LogP contribution >= 0.6 is 0 Å². The van der Waals surface area contributed by atoms with Gasteiger partial charge in [0, 0.05) is 6.54 Å². The molecule has 8 unspecified atom stereocenters. The fourth-order valence-electron chi connectivity index (χ4n) is 7.02. The van der Waals surface area contributed by atoms with E-state index in [2.05, 4.69) is 28.8 Å². The third-order valence-electron chi connectivity index (χ3n) is 9.36. The van der Waals surface area contributed by atoms with Gasteiger partial charge in [0.25, 0.3) is 0 Å². The maximum absolute atomic E-state index is 13.6. The molecule has 4 saturated heterocycles. The number of amides is 6. The number of guanidine groups is 1. The summed E-state index contributed by atoms with van der Waals surface area (Å²) < 4.78 is 12.2. The summed E-state index contributed by atoms with van der Waals surface area (Å²) in [5.74, 6) is -4.58. The molecule has 6 amide bonds. The minimum atomic E-state index is -0.821. The smallest absolute Gasteiger partial charge is 0.365 e. The van der Waals surface area contributed by atoms with Gasteiger partial charge in [0.05, 0.1) is 67.7 Å². The van der Waals surface area contributed by atoms with Gasteiger partial charge in [0.1, 0.15) is 0 Å². The molecule has 0 aromatic heterocycles. The van der Waals surface area contributed by atoms with Crippen LogP contribution in [-0.4, -0.2) is 82.9 Å². The van der Waals surface area contributed by atoms with E-state index < -0.39 is 65.9 Å². The number of nitrogens with one attached hydrogen (secondary N) is 3. The number of nitrogens with zero attached hydrogens (tertiary/aromatic N) is 2. The molecule has 0 spiro atoms. The highest BCUT2D eigenvalue weighted by atomic mass is 16.5. The third-order valence-corrected chi connectivity index (χ3v) is 9.36. The molecule has 13 nitrogen and oxygen atoms in total. The van der Waals surface area contributed by atoms with E-state index in [1.54, 1.807) is 12.2 Å². The van der Waals surface area contributed by atoms with Crippen molar-refractivity contribution in [3.05, 3.63) is 109 Å². The van der Waals surface area contributed by atoms with Gasteiger partial charge >= 0.3 is 12.0 Å². The predicted molar refractivity (Wildman–Crippen MR) is 176 cm³/mol. The van der Waals surface area contributed by atoms with Gasteiger partial charge in [-0.25, -0.2) is 4.79 Å². The summed E-state index contributed by atoms with van der Waals surface area (Å²) in [7, 11) is 0. The summed E-state index contributed by atoms with van der Waals surface area (Å²) >= 11 is 0. The molecule has 4 aliphatic heterocycles. The topological polar surface area (TPSA) is 174 Å². The van der Waals surface area contributed by atoms with Crippen LogP contribution in [-0.2, 0) is 41.7 Å². The summed E-state index contributed by atoms with van der Waals surface area (Å²) in [5, 5.41) is 5.18. The van der Waals surface area contributed by atoms with Crippen molar-refractivity contribution in [2.75, 3.05) is 13.1 Å². The number of fused-ring (bicyclic) bond motifs is 2. The zero-order valence-electron chi connectivity index (χ0n) is 26.8. The van der Waals surface area contributed by atoms with Crippen LogP contribution in [0.25, 0.3) is 0 Å². The second-order valence-corrected chi connectivity index (χ2v) is 12.3. The van der Waals surface area contributed by atoms with Gasteiger partial charge in [-0.05, 0) is 11.1 Å². The van der Waals surface area contributed by atoms with E-state index in [0.717, 1.165) is 16.0 Å². The highest BCUT2D eigenvalue weighted by molar-refractivity contribution is 6.07. The Morgan fingerprint density at radius 1 is 0.735 bits per heavy atom. The summed E-state index contributed by atoms with van der Waals surface area (Å²) in [6.07, 6.45) is 3.38. The van der Waals surface area contributed by atoms with E-state index >= 15 is 0 Å². The van der Waals surface area contributed by atoms with E-state index in [1.807, 2.05) is 60.7 Å². The van der Waals surface area contributed by atoms with Gasteiger partial charge in [-0.2, -0.15) is 5.32 Å². The van der Waals surface area contributed by atoms with Gasteiger partial charge in [0.15, 0.2) is 0 Å². The standard InChI is InChI=1S/C36H38N6O7/c1-3-23-27-29(32(44)41(31(27)43)18-17-38-35(37)40-36(47)39-19-21-11-7-5-8-12-21)25(48-23)15-16-26-30-28(24(4-2)49-26)33(45)42(34(30)46)20-22-13-9-6-10-14-22/h3-16,23-30H,1-2,17-20H2,(H4,37,38,39,40,47)/p+1/b16-15-. The van der Waals surface area contributed by atoms with Crippen molar-refractivity contribution >= 4 is 35.6 Å². The second-order valence-electron chi connectivity index (χ2n) is 12.3. The van der Waals surface area contributed by atoms with Crippen LogP contribution in [0.2, 0.25) is 0 Å². The molecule has 4 heterocycles. The SMILES string of the molecule is C=CC1OC(/C=C\C2OC(C=C)C3C(=O)N(Cc4ccccc4)C(=O)C23)C2C(=O)N(CC[NH+]=C(N)NC(=O)NCc3ccccc3)C(=O)C12. The highest BCUT2D eigenvalue weighted by Crippen LogP contribution is 2.44. The number of imide groups is 2. The number of benzene rings is 2. The van der Waals surface area contributed by atoms with Gasteiger partial charge in [-0.1, -0.05) is 85.0 Å². The van der Waals surface area contributed by atoms with Crippen LogP contribution < -0.4 is 21.4 Å². The van der Waals surface area contributed by atoms with E-state index in [9.17, 15) is 24.0 Å². The Morgan fingerprint density at radius 2 is 1.20 bits per heavy atom. The monoisotopic (exact) mass is 667 g/mol. The Hall–Kier alpha value is -5.40. The lowest BCUT2D eigenvalue weighted by Crippen LogP contribution is -2.81. The molecular weight excluding hydrogens is 628 g/mol. The molecule has 8 atom stereocenters. The highest BCUT2D eigenvalue weighted by Gasteiger charge is 2.60. The molecule has 4 aliphatic rings. The Kier molecular flexibility index (Phi) is 9.83. The number of hydrogen-bond donors (Lipinski definition) is 4. The first-order valence-corrected chi connectivity index (χ1v) is 16.2. The number of hydrogen-bond acceptors (Lipinski definition) is 7. The number of urea groups is 1. The van der Waals surface area contributed by atoms with Gasteiger partial charge in [-0.3, -0.25) is 39.7 Å². The quantitative estimate of drug-likeness (QED) is 0.110. The summed E-state index contributed by atoms with van der Waals surface area (Å²) in [6.45, 7) is 8.18. The Morgan fingerprint density at radius 3 is 1.71 bits per heavy atom. The molecule has 254 valence electrons. The first-order valence-electron chi connectivity index (χ1n) is 16.2. The van der Waals surface area contributed by atoms with Crippen molar-refractivity contribution in [3.63, 3.8) is 0 Å². The number of carbonyl (C=O) groups is 5. The van der Waals surface area contributed by atoms with E-state index in [-0.39, 0.29) is 37.4 Å². The van der Waals surface area contributed by atoms with Crippen molar-refractivity contribution in [3.8, 4) is 0 Å². The lowest BCUT2D eigenvalue weighted by molar-refractivity contribution is -0.459. The van der Waals surface area contributed by atoms with Gasteiger partial charge in [-0.15, -0.1) is 13.2 Å². The fraction of sp³-hybridized carbons (Fsp3) is 0.333. The molecule has 0 aliphatic carbocycles. The minimum Gasteiger partial charge on any atom is -0.365 e. The third kappa shape index (κ3) is 6.67. The average molecular weight is 668 g/mol. The molecule has 2 aromatic rings. The van der Waals surface area contributed by atoms with Crippen LogP contribution in [0.4, 0.5) is 4.79 Å². The van der Waals surface area contributed by atoms with Crippen molar-refractivity contribution in [1.82, 2.24) is 20.4 Å². The summed E-state index contributed by atoms with van der Waals surface area (Å²) in [5.41, 5.74) is 7.67. The number of carbonyl (C=O) groups excluding carboxylic acids is 5. The summed E-state index contributed by atoms with van der Waals surface area (Å²) in [6, 6.07) is 18.1. The normalized spacial score (nSPS) is 29.4. The predicted octanol–water partition coefficient (Wildman–Crippen LogP) is -0.253. The molecule has 0 saturated carbocycles. The number of rotatable bonds is 11. The van der Waals surface area contributed by atoms with Gasteiger partial charge < -0.3 is 14.8 Å². The van der Waals surface area contributed by atoms with Crippen LogP contribution in [0, 0.1) is 23.7 Å². The lowest BCUT2D eigenvalue weighted by atomic mass is 9.87. The van der Waals surface area contributed by atoms with Crippen LogP contribution in [0.1, 0.15) is 11.1 Å². The second kappa shape index (κ2) is 14.4. The molecule has 49 heavy (non-hydrogen) atoms. The number of likely N-dealkylation sites (tertiary alicyclic amines) is 2. The van der Waals surface area contributed by atoms with E-state index in [4.69, 9.17) is 15.2 Å². The molecular formula is C36H39N6O7+. The Bertz CT molecular complexity index is 1700. The maximum Gasteiger partial charge on any atom is 0.379 e. The number of nitrogens with two attached hydrogens (primary N) is 1. The van der Waals surface area contributed by atoms with Crippen molar-refractivity contribution < 1.29 is 38.4 Å². The zero-order chi connectivity index (χ0) is 34.7. The van der Waals surface area contributed by atoms with Crippen LogP contribution in [0.15, 0.2) is 98.1 Å². The van der Waals surface area contributed by atoms with Crippen LogP contribution in [0.5, 0.6) is 0 Å². The Labute approximate surface area is 283 Å². The zero-order valence-corrected chi connectivity index (χ0v) is 26.8. The molecule has 0 radical (unpaired) electrons. The van der Waals surface area contributed by atoms with Gasteiger partial charge in [0.2, 0.25) is 23.6 Å². The lowest BCUT2D eigenvalue weighted by Gasteiger charge is -2.20.